The van der Waals surface area contributed by atoms with E-state index in [1.165, 1.54) is 5.39 Å². The van der Waals surface area contributed by atoms with Gasteiger partial charge in [-0.05, 0) is 41.1 Å². The van der Waals surface area contributed by atoms with Crippen LogP contribution >= 0.6 is 0 Å². The Hall–Kier alpha value is -3.92. The first-order chi connectivity index (χ1) is 13.8. The summed E-state index contributed by atoms with van der Waals surface area (Å²) in [7, 11) is 0. The summed E-state index contributed by atoms with van der Waals surface area (Å²) in [4.78, 5) is 17.7. The molecular weight excluding hydrogens is 346 g/mol. The van der Waals surface area contributed by atoms with Crippen LogP contribution in [-0.2, 0) is 0 Å². The fraction of sp³-hybridized carbons (Fsp3) is 0. The van der Waals surface area contributed by atoms with Crippen LogP contribution in [0.5, 0.6) is 0 Å². The largest absolute Gasteiger partial charge is 0.320 e. The number of carbonyl (C=O) groups excluding carboxylic acids is 1. The molecule has 0 radical (unpaired) electrons. The van der Waals surface area contributed by atoms with Crippen LogP contribution < -0.4 is 5.32 Å². The number of aromatic nitrogens is 2. The summed E-state index contributed by atoms with van der Waals surface area (Å²) < 4.78 is 2.10. The molecule has 4 heteroatoms. The zero-order valence-electron chi connectivity index (χ0n) is 14.9. The van der Waals surface area contributed by atoms with Crippen molar-refractivity contribution in [3.05, 3.63) is 90.5 Å². The molecule has 0 atom stereocenters. The summed E-state index contributed by atoms with van der Waals surface area (Å²) in [5.41, 5.74) is 5.01. The molecule has 1 aromatic heterocycles. The monoisotopic (exact) mass is 361 g/mol. The van der Waals surface area contributed by atoms with Crippen LogP contribution in [0.3, 0.4) is 0 Å². The summed E-state index contributed by atoms with van der Waals surface area (Å²) >= 11 is 0. The lowest BCUT2D eigenvalue weighted by Crippen LogP contribution is -2.10. The molecule has 28 heavy (non-hydrogen) atoms. The van der Waals surface area contributed by atoms with Gasteiger partial charge in [-0.15, -0.1) is 0 Å². The Morgan fingerprint density at radius 3 is 2.54 bits per heavy atom. The maximum absolute atomic E-state index is 12.8. The minimum atomic E-state index is -0.109. The maximum Gasteiger partial charge on any atom is 0.257 e. The summed E-state index contributed by atoms with van der Waals surface area (Å²) in [5, 5.41) is 5.39. The topological polar surface area (TPSA) is 46.9 Å². The number of para-hydroxylation sites is 3. The third-order valence-electron chi connectivity index (χ3n) is 5.32. The number of carbonyl (C=O) groups is 1. The lowest BCUT2D eigenvalue weighted by Gasteiger charge is -2.12. The summed E-state index contributed by atoms with van der Waals surface area (Å²) in [6.45, 7) is 0. The van der Waals surface area contributed by atoms with Crippen LogP contribution in [0.25, 0.3) is 38.9 Å². The smallest absolute Gasteiger partial charge is 0.257 e. The highest BCUT2D eigenvalue weighted by atomic mass is 16.1. The molecule has 1 aliphatic rings. The van der Waals surface area contributed by atoms with Crippen molar-refractivity contribution in [2.24, 2.45) is 0 Å². The fourth-order valence-electron chi connectivity index (χ4n) is 4.03. The summed E-state index contributed by atoms with van der Waals surface area (Å²) in [6, 6.07) is 28.2. The molecule has 1 N–H and O–H groups in total. The van der Waals surface area contributed by atoms with Gasteiger partial charge in [-0.2, -0.15) is 0 Å². The quantitative estimate of drug-likeness (QED) is 0.434. The highest BCUT2D eigenvalue weighted by Crippen LogP contribution is 2.36. The van der Waals surface area contributed by atoms with Gasteiger partial charge in [0.05, 0.1) is 28.0 Å². The number of hydrogen-bond donors (Lipinski definition) is 1. The molecule has 0 fully saturated rings. The Morgan fingerprint density at radius 1 is 0.786 bits per heavy atom. The SMILES string of the molecule is O=C1Nc2ccccc2-n2c(-c3ccc4ccccc4c3)nc3cccc1c32. The van der Waals surface area contributed by atoms with Crippen molar-refractivity contribution in [3.8, 4) is 17.1 Å². The first kappa shape index (κ1) is 15.2. The molecule has 0 aliphatic carbocycles. The van der Waals surface area contributed by atoms with Crippen molar-refractivity contribution in [1.29, 1.82) is 0 Å². The molecule has 0 spiro atoms. The predicted molar refractivity (Wildman–Crippen MR) is 112 cm³/mol. The van der Waals surface area contributed by atoms with Gasteiger partial charge in [-0.1, -0.05) is 54.6 Å². The van der Waals surface area contributed by atoms with E-state index in [4.69, 9.17) is 4.98 Å². The normalized spacial score (nSPS) is 12.6. The van der Waals surface area contributed by atoms with E-state index in [9.17, 15) is 4.79 Å². The molecular formula is C24H15N3O. The number of nitrogens with one attached hydrogen (secondary N) is 1. The van der Waals surface area contributed by atoms with Gasteiger partial charge in [0.1, 0.15) is 5.82 Å². The third-order valence-corrected chi connectivity index (χ3v) is 5.32. The van der Waals surface area contributed by atoms with Crippen LogP contribution in [0.1, 0.15) is 10.4 Å². The Morgan fingerprint density at radius 2 is 1.61 bits per heavy atom. The van der Waals surface area contributed by atoms with Crippen molar-refractivity contribution in [2.45, 2.75) is 0 Å². The second kappa shape index (κ2) is 5.54. The number of rotatable bonds is 1. The van der Waals surface area contributed by atoms with E-state index in [0.717, 1.165) is 39.2 Å². The van der Waals surface area contributed by atoms with E-state index in [1.54, 1.807) is 0 Å². The zero-order valence-corrected chi connectivity index (χ0v) is 14.9. The molecule has 0 unspecified atom stereocenters. The number of hydrogen-bond acceptors (Lipinski definition) is 2. The van der Waals surface area contributed by atoms with E-state index in [0.29, 0.717) is 5.56 Å². The van der Waals surface area contributed by atoms with Gasteiger partial charge in [0.15, 0.2) is 0 Å². The summed E-state index contributed by atoms with van der Waals surface area (Å²) in [5.74, 6) is 0.721. The average Bonchev–Trinajstić information content (AvgIpc) is 3.07. The second-order valence-corrected chi connectivity index (χ2v) is 6.98. The van der Waals surface area contributed by atoms with Gasteiger partial charge >= 0.3 is 0 Å². The van der Waals surface area contributed by atoms with Crippen molar-refractivity contribution >= 4 is 33.4 Å². The van der Waals surface area contributed by atoms with Crippen LogP contribution in [-0.4, -0.2) is 15.5 Å². The van der Waals surface area contributed by atoms with E-state index >= 15 is 0 Å². The average molecular weight is 361 g/mol. The molecule has 4 aromatic carbocycles. The Balaban J connectivity index is 1.75. The zero-order chi connectivity index (χ0) is 18.7. The Labute approximate surface area is 161 Å². The van der Waals surface area contributed by atoms with Gasteiger partial charge in [0.2, 0.25) is 0 Å². The van der Waals surface area contributed by atoms with Crippen LogP contribution in [0, 0.1) is 0 Å². The molecule has 0 bridgehead atoms. The minimum absolute atomic E-state index is 0.109. The van der Waals surface area contributed by atoms with Gasteiger partial charge in [-0.25, -0.2) is 4.98 Å². The molecule has 5 aromatic rings. The third kappa shape index (κ3) is 2.06. The van der Waals surface area contributed by atoms with E-state index < -0.39 is 0 Å². The van der Waals surface area contributed by atoms with E-state index in [1.807, 2.05) is 54.6 Å². The van der Waals surface area contributed by atoms with E-state index in [-0.39, 0.29) is 5.91 Å². The van der Waals surface area contributed by atoms with Crippen LogP contribution in [0.4, 0.5) is 5.69 Å². The number of fused-ring (bicyclic) bond motifs is 3. The standard InChI is InChI=1S/C24H15N3O/c28-24-18-8-5-10-20-22(18)27(21-11-4-3-9-19(21)26-24)23(25-20)17-13-12-15-6-1-2-7-16(15)14-17/h1-14H,(H,26,28). The number of amides is 1. The van der Waals surface area contributed by atoms with E-state index in [2.05, 4.69) is 40.2 Å². The molecule has 4 nitrogen and oxygen atoms in total. The number of imidazole rings is 1. The van der Waals surface area contributed by atoms with Gasteiger partial charge in [0.25, 0.3) is 5.91 Å². The summed E-state index contributed by atoms with van der Waals surface area (Å²) in [6.07, 6.45) is 0. The maximum atomic E-state index is 12.8. The van der Waals surface area contributed by atoms with Crippen molar-refractivity contribution in [2.75, 3.05) is 5.32 Å². The predicted octanol–water partition coefficient (Wildman–Crippen LogP) is 5.41. The molecule has 132 valence electrons. The number of benzene rings is 4. The van der Waals surface area contributed by atoms with Gasteiger partial charge in [0, 0.05) is 5.56 Å². The minimum Gasteiger partial charge on any atom is -0.320 e. The molecule has 0 saturated carbocycles. The van der Waals surface area contributed by atoms with Gasteiger partial charge < -0.3 is 5.32 Å². The molecule has 0 saturated heterocycles. The lowest BCUT2D eigenvalue weighted by atomic mass is 10.1. The lowest BCUT2D eigenvalue weighted by molar-refractivity contribution is 0.102. The van der Waals surface area contributed by atoms with Crippen molar-refractivity contribution < 1.29 is 4.79 Å². The molecule has 2 heterocycles. The highest BCUT2D eigenvalue weighted by Gasteiger charge is 2.25. The van der Waals surface area contributed by atoms with Gasteiger partial charge in [-0.3, -0.25) is 9.36 Å². The Bertz CT molecular complexity index is 1410. The van der Waals surface area contributed by atoms with Crippen LogP contribution in [0.2, 0.25) is 0 Å². The second-order valence-electron chi connectivity index (χ2n) is 6.98. The molecule has 1 amide bonds. The Kier molecular flexibility index (Phi) is 3.00. The van der Waals surface area contributed by atoms with Crippen molar-refractivity contribution in [1.82, 2.24) is 9.55 Å². The number of nitrogens with zero attached hydrogens (tertiary/aromatic N) is 2. The molecule has 6 rings (SSSR count). The number of anilines is 1. The highest BCUT2D eigenvalue weighted by molar-refractivity contribution is 6.14. The first-order valence-corrected chi connectivity index (χ1v) is 9.21. The van der Waals surface area contributed by atoms with Crippen LogP contribution in [0.15, 0.2) is 84.9 Å². The fourth-order valence-corrected chi connectivity index (χ4v) is 4.03. The molecule has 1 aliphatic heterocycles. The first-order valence-electron chi connectivity index (χ1n) is 9.21. The van der Waals surface area contributed by atoms with Crippen molar-refractivity contribution in [3.63, 3.8) is 0 Å².